The molecule has 2 aromatic heterocycles. The maximum absolute atomic E-state index is 5.19. The predicted octanol–water partition coefficient (Wildman–Crippen LogP) is 3.59. The predicted molar refractivity (Wildman–Crippen MR) is 72.9 cm³/mol. The first-order chi connectivity index (χ1) is 9.38. The molecule has 1 aliphatic rings. The van der Waals surface area contributed by atoms with Gasteiger partial charge in [-0.25, -0.2) is 4.98 Å². The number of imidazole rings is 1. The highest BCUT2D eigenvalue weighted by atomic mass is 16.5. The van der Waals surface area contributed by atoms with E-state index in [2.05, 4.69) is 34.8 Å². The Kier molecular flexibility index (Phi) is 2.24. The van der Waals surface area contributed by atoms with E-state index in [0.717, 1.165) is 29.1 Å². The molecular weight excluding hydrogens is 238 g/mol. The highest BCUT2D eigenvalue weighted by molar-refractivity contribution is 5.81. The van der Waals surface area contributed by atoms with Gasteiger partial charge >= 0.3 is 0 Å². The van der Waals surface area contributed by atoms with E-state index in [1.165, 1.54) is 18.4 Å². The molecule has 0 spiro atoms. The highest BCUT2D eigenvalue weighted by Crippen LogP contribution is 2.43. The van der Waals surface area contributed by atoms with Crippen LogP contribution >= 0.6 is 0 Å². The molecule has 0 radical (unpaired) electrons. The van der Waals surface area contributed by atoms with Gasteiger partial charge in [0.1, 0.15) is 12.1 Å². The number of fused-ring (bicyclic) bond motifs is 1. The lowest BCUT2D eigenvalue weighted by atomic mass is 10.1. The minimum atomic E-state index is 0.568. The molecule has 0 amide bonds. The van der Waals surface area contributed by atoms with Crippen molar-refractivity contribution in [2.24, 2.45) is 0 Å². The Balaban J connectivity index is 1.96. The molecule has 0 N–H and O–H groups in total. The topological polar surface area (TPSA) is 43.9 Å². The second-order valence-corrected chi connectivity index (χ2v) is 5.06. The van der Waals surface area contributed by atoms with Crippen molar-refractivity contribution in [2.45, 2.75) is 32.2 Å². The molecule has 4 rings (SSSR count). The van der Waals surface area contributed by atoms with Crippen LogP contribution < -0.4 is 0 Å². The summed E-state index contributed by atoms with van der Waals surface area (Å²) in [6.07, 6.45) is 4.17. The molecule has 1 aliphatic carbocycles. The van der Waals surface area contributed by atoms with Gasteiger partial charge in [0.15, 0.2) is 0 Å². The quantitative estimate of drug-likeness (QED) is 0.716. The Morgan fingerprint density at radius 3 is 2.95 bits per heavy atom. The van der Waals surface area contributed by atoms with Crippen LogP contribution in [0.5, 0.6) is 0 Å². The van der Waals surface area contributed by atoms with Crippen LogP contribution in [0.3, 0.4) is 0 Å². The summed E-state index contributed by atoms with van der Waals surface area (Å²) in [6.45, 7) is 3.03. The Morgan fingerprint density at radius 1 is 1.32 bits per heavy atom. The van der Waals surface area contributed by atoms with Gasteiger partial charge in [-0.3, -0.25) is 0 Å². The van der Waals surface area contributed by atoms with E-state index in [-0.39, 0.29) is 0 Å². The largest absolute Gasteiger partial charge is 0.364 e. The van der Waals surface area contributed by atoms with E-state index in [4.69, 9.17) is 9.51 Å². The summed E-state index contributed by atoms with van der Waals surface area (Å²) in [5, 5.41) is 4.17. The maximum Gasteiger partial charge on any atom is 0.146 e. The fraction of sp³-hybridized carbons (Fsp3) is 0.333. The summed E-state index contributed by atoms with van der Waals surface area (Å²) in [7, 11) is 0. The number of benzene rings is 1. The van der Waals surface area contributed by atoms with Gasteiger partial charge in [-0.1, -0.05) is 17.3 Å². The molecule has 0 bridgehead atoms. The van der Waals surface area contributed by atoms with Crippen LogP contribution in [0.1, 0.15) is 31.4 Å². The van der Waals surface area contributed by atoms with Gasteiger partial charge in [-0.2, -0.15) is 0 Å². The van der Waals surface area contributed by atoms with Gasteiger partial charge < -0.3 is 9.09 Å². The molecular formula is C15H15N3O. The van der Waals surface area contributed by atoms with Crippen LogP contribution in [0.15, 0.2) is 35.1 Å². The van der Waals surface area contributed by atoms with E-state index in [1.807, 2.05) is 6.07 Å². The molecule has 1 aromatic carbocycles. The molecule has 4 heteroatoms. The number of hydrogen-bond acceptors (Lipinski definition) is 3. The number of aromatic nitrogens is 3. The SMILES string of the molecule is CCn1c(-c2conc2C2CC2)nc2ccccc21. The molecule has 19 heavy (non-hydrogen) atoms. The van der Waals surface area contributed by atoms with Crippen LogP contribution in [0, 0.1) is 0 Å². The molecule has 0 aliphatic heterocycles. The summed E-state index contributed by atoms with van der Waals surface area (Å²) in [4.78, 5) is 4.76. The van der Waals surface area contributed by atoms with Crippen LogP contribution in [0.4, 0.5) is 0 Å². The smallest absolute Gasteiger partial charge is 0.146 e. The van der Waals surface area contributed by atoms with E-state index < -0.39 is 0 Å². The first-order valence-electron chi connectivity index (χ1n) is 6.78. The van der Waals surface area contributed by atoms with Crippen molar-refractivity contribution in [1.82, 2.24) is 14.7 Å². The molecule has 2 heterocycles. The van der Waals surface area contributed by atoms with Gasteiger partial charge in [0.2, 0.25) is 0 Å². The van der Waals surface area contributed by atoms with Gasteiger partial charge in [-0.05, 0) is 31.9 Å². The van der Waals surface area contributed by atoms with Crippen molar-refractivity contribution >= 4 is 11.0 Å². The Hall–Kier alpha value is -2.10. The van der Waals surface area contributed by atoms with Gasteiger partial charge in [-0.15, -0.1) is 0 Å². The van der Waals surface area contributed by atoms with Gasteiger partial charge in [0.25, 0.3) is 0 Å². The van der Waals surface area contributed by atoms with Crippen molar-refractivity contribution in [2.75, 3.05) is 0 Å². The zero-order chi connectivity index (χ0) is 12.8. The van der Waals surface area contributed by atoms with Crippen molar-refractivity contribution < 1.29 is 4.52 Å². The van der Waals surface area contributed by atoms with Crippen molar-refractivity contribution in [3.8, 4) is 11.4 Å². The average Bonchev–Trinajstić information content (AvgIpc) is 3.05. The summed E-state index contributed by atoms with van der Waals surface area (Å²) in [5.41, 5.74) is 4.33. The highest BCUT2D eigenvalue weighted by Gasteiger charge is 2.31. The Labute approximate surface area is 111 Å². The molecule has 4 nitrogen and oxygen atoms in total. The zero-order valence-corrected chi connectivity index (χ0v) is 10.8. The number of nitrogens with zero attached hydrogens (tertiary/aromatic N) is 3. The minimum absolute atomic E-state index is 0.568. The minimum Gasteiger partial charge on any atom is -0.364 e. The van der Waals surface area contributed by atoms with Gasteiger partial charge in [0.05, 0.1) is 22.3 Å². The summed E-state index contributed by atoms with van der Waals surface area (Å²) < 4.78 is 7.42. The normalized spacial score (nSPS) is 15.2. The second-order valence-electron chi connectivity index (χ2n) is 5.06. The molecule has 1 fully saturated rings. The maximum atomic E-state index is 5.19. The second kappa shape index (κ2) is 3.95. The van der Waals surface area contributed by atoms with Crippen LogP contribution in [-0.2, 0) is 6.54 Å². The number of aryl methyl sites for hydroxylation is 1. The lowest BCUT2D eigenvalue weighted by Gasteiger charge is -2.04. The van der Waals surface area contributed by atoms with E-state index in [0.29, 0.717) is 5.92 Å². The standard InChI is InChI=1S/C15H15N3O/c1-2-18-13-6-4-3-5-12(13)16-15(18)11-9-19-17-14(11)10-7-8-10/h3-6,9-10H,2,7-8H2,1H3. The van der Waals surface area contributed by atoms with Gasteiger partial charge in [0, 0.05) is 12.5 Å². The number of hydrogen-bond donors (Lipinski definition) is 0. The Bertz CT molecular complexity index is 737. The van der Waals surface area contributed by atoms with E-state index in [1.54, 1.807) is 6.26 Å². The summed E-state index contributed by atoms with van der Waals surface area (Å²) in [6, 6.07) is 8.23. The molecule has 96 valence electrons. The molecule has 0 unspecified atom stereocenters. The van der Waals surface area contributed by atoms with Crippen molar-refractivity contribution in [1.29, 1.82) is 0 Å². The fourth-order valence-electron chi connectivity index (χ4n) is 2.67. The number of para-hydroxylation sites is 2. The van der Waals surface area contributed by atoms with E-state index in [9.17, 15) is 0 Å². The molecule has 3 aromatic rings. The Morgan fingerprint density at radius 2 is 2.16 bits per heavy atom. The van der Waals surface area contributed by atoms with Crippen molar-refractivity contribution in [3.63, 3.8) is 0 Å². The third-order valence-electron chi connectivity index (χ3n) is 3.77. The third-order valence-corrected chi connectivity index (χ3v) is 3.77. The van der Waals surface area contributed by atoms with Crippen LogP contribution in [-0.4, -0.2) is 14.7 Å². The zero-order valence-electron chi connectivity index (χ0n) is 10.8. The third kappa shape index (κ3) is 1.59. The molecule has 1 saturated carbocycles. The average molecular weight is 253 g/mol. The first kappa shape index (κ1) is 10.8. The van der Waals surface area contributed by atoms with Crippen LogP contribution in [0.2, 0.25) is 0 Å². The molecule has 0 atom stereocenters. The summed E-state index contributed by atoms with van der Waals surface area (Å²) in [5.74, 6) is 1.55. The van der Waals surface area contributed by atoms with Crippen molar-refractivity contribution in [3.05, 3.63) is 36.2 Å². The molecule has 0 saturated heterocycles. The lowest BCUT2D eigenvalue weighted by molar-refractivity contribution is 0.412. The first-order valence-corrected chi connectivity index (χ1v) is 6.78. The summed E-state index contributed by atoms with van der Waals surface area (Å²) >= 11 is 0. The van der Waals surface area contributed by atoms with E-state index >= 15 is 0 Å². The fourth-order valence-corrected chi connectivity index (χ4v) is 2.67. The lowest BCUT2D eigenvalue weighted by Crippen LogP contribution is -1.98. The number of rotatable bonds is 3. The monoisotopic (exact) mass is 253 g/mol. The van der Waals surface area contributed by atoms with Crippen LogP contribution in [0.25, 0.3) is 22.4 Å².